The molecule has 1 nitrogen and oxygen atoms in total. The average molecular weight is 269 g/mol. The fourth-order valence-electron chi connectivity index (χ4n) is 2.51. The van der Waals surface area contributed by atoms with Crippen molar-refractivity contribution in [2.75, 3.05) is 0 Å². The molecule has 2 aromatic carbocycles. The van der Waals surface area contributed by atoms with Gasteiger partial charge in [0.15, 0.2) is 0 Å². The third-order valence-electron chi connectivity index (χ3n) is 3.42. The smallest absolute Gasteiger partial charge is 0.0486 e. The fourth-order valence-corrected chi connectivity index (χ4v) is 2.72. The lowest BCUT2D eigenvalue weighted by Crippen LogP contribution is -2.03. The van der Waals surface area contributed by atoms with Crippen LogP contribution in [-0.4, -0.2) is 4.57 Å². The Morgan fingerprint density at radius 3 is 2.89 bits per heavy atom. The predicted octanol–water partition coefficient (Wildman–Crippen LogP) is 4.71. The highest BCUT2D eigenvalue weighted by Crippen LogP contribution is 2.22. The number of nitrogens with zero attached hydrogens (tertiary/aromatic N) is 1. The van der Waals surface area contributed by atoms with Gasteiger partial charge in [-0.2, -0.15) is 0 Å². The quantitative estimate of drug-likeness (QED) is 0.649. The van der Waals surface area contributed by atoms with Crippen molar-refractivity contribution < 1.29 is 0 Å². The summed E-state index contributed by atoms with van der Waals surface area (Å²) in [6, 6.07) is 19.6. The van der Waals surface area contributed by atoms with Crippen LogP contribution < -0.4 is 0 Å². The Kier molecular flexibility index (Phi) is 3.31. The Labute approximate surface area is 118 Å². The minimum Gasteiger partial charge on any atom is -0.340 e. The van der Waals surface area contributed by atoms with Gasteiger partial charge in [-0.25, -0.2) is 0 Å². The molecule has 1 radical (unpaired) electrons. The zero-order chi connectivity index (χ0) is 13.2. The summed E-state index contributed by atoms with van der Waals surface area (Å²) in [6.45, 7) is 3.05. The predicted molar refractivity (Wildman–Crippen MR) is 80.7 cm³/mol. The molecule has 0 saturated heterocycles. The summed E-state index contributed by atoms with van der Waals surface area (Å²) in [4.78, 5) is 0. The van der Waals surface area contributed by atoms with Crippen molar-refractivity contribution >= 4 is 22.5 Å². The van der Waals surface area contributed by atoms with Crippen LogP contribution in [-0.2, 0) is 13.0 Å². The zero-order valence-electron chi connectivity index (χ0n) is 10.9. The Balaban J connectivity index is 2.08. The number of fused-ring (bicyclic) bond motifs is 1. The maximum absolute atomic E-state index is 6.06. The summed E-state index contributed by atoms with van der Waals surface area (Å²) < 4.78 is 2.36. The topological polar surface area (TPSA) is 4.93 Å². The molecule has 0 N–H and O–H groups in total. The number of aromatic nitrogens is 1. The molecule has 1 aromatic heterocycles. The van der Waals surface area contributed by atoms with E-state index < -0.39 is 0 Å². The molecule has 0 spiro atoms. The van der Waals surface area contributed by atoms with Gasteiger partial charge in [0, 0.05) is 28.2 Å². The fraction of sp³-hybridized carbons (Fsp3) is 0.176. The molecule has 2 heteroatoms. The summed E-state index contributed by atoms with van der Waals surface area (Å²) in [5.41, 5.74) is 3.83. The van der Waals surface area contributed by atoms with Gasteiger partial charge in [-0.15, -0.1) is 0 Å². The second-order valence-corrected chi connectivity index (χ2v) is 5.13. The van der Waals surface area contributed by atoms with Crippen molar-refractivity contribution in [3.05, 3.63) is 70.9 Å². The molecule has 1 heterocycles. The highest BCUT2D eigenvalue weighted by molar-refractivity contribution is 6.30. The van der Waals surface area contributed by atoms with E-state index in [1.54, 1.807) is 0 Å². The highest BCUT2D eigenvalue weighted by atomic mass is 35.5. The summed E-state index contributed by atoms with van der Waals surface area (Å²) >= 11 is 6.06. The summed E-state index contributed by atoms with van der Waals surface area (Å²) in [6.07, 6.45) is 1.02. The van der Waals surface area contributed by atoms with E-state index in [1.807, 2.05) is 30.3 Å². The van der Waals surface area contributed by atoms with Crippen LogP contribution in [0.1, 0.15) is 18.2 Å². The summed E-state index contributed by atoms with van der Waals surface area (Å²) in [5, 5.41) is 2.04. The van der Waals surface area contributed by atoms with Crippen molar-refractivity contribution in [2.45, 2.75) is 19.9 Å². The Morgan fingerprint density at radius 1 is 1.21 bits per heavy atom. The van der Waals surface area contributed by atoms with Crippen LogP contribution in [0.4, 0.5) is 0 Å². The van der Waals surface area contributed by atoms with Gasteiger partial charge in [-0.3, -0.25) is 0 Å². The lowest BCUT2D eigenvalue weighted by molar-refractivity contribution is 0.776. The second-order valence-electron chi connectivity index (χ2n) is 4.69. The van der Waals surface area contributed by atoms with Gasteiger partial charge in [0.2, 0.25) is 0 Å². The van der Waals surface area contributed by atoms with Crippen LogP contribution >= 0.6 is 11.6 Å². The van der Waals surface area contributed by atoms with Gasteiger partial charge in [0.05, 0.1) is 0 Å². The van der Waals surface area contributed by atoms with Crippen LogP contribution in [0, 0.1) is 6.07 Å². The molecular formula is C17H15ClN. The van der Waals surface area contributed by atoms with Crippen LogP contribution in [0.25, 0.3) is 10.9 Å². The lowest BCUT2D eigenvalue weighted by Gasteiger charge is -2.10. The summed E-state index contributed by atoms with van der Waals surface area (Å²) in [7, 11) is 0. The van der Waals surface area contributed by atoms with E-state index in [9.17, 15) is 0 Å². The van der Waals surface area contributed by atoms with E-state index >= 15 is 0 Å². The first-order valence-electron chi connectivity index (χ1n) is 6.50. The third-order valence-corrected chi connectivity index (χ3v) is 3.66. The molecule has 0 amide bonds. The van der Waals surface area contributed by atoms with Gasteiger partial charge in [-0.05, 0) is 48.4 Å². The molecular weight excluding hydrogens is 254 g/mol. The Hall–Kier alpha value is -1.73. The van der Waals surface area contributed by atoms with E-state index in [4.69, 9.17) is 11.6 Å². The maximum atomic E-state index is 6.06. The molecule has 0 atom stereocenters. The number of rotatable bonds is 3. The van der Waals surface area contributed by atoms with E-state index in [1.165, 1.54) is 22.2 Å². The molecule has 0 aliphatic rings. The number of aryl methyl sites for hydroxylation is 1. The Bertz CT molecular complexity index is 712. The van der Waals surface area contributed by atoms with Gasteiger partial charge in [0.25, 0.3) is 0 Å². The Morgan fingerprint density at radius 2 is 2.11 bits per heavy atom. The van der Waals surface area contributed by atoms with E-state index in [2.05, 4.69) is 35.8 Å². The maximum Gasteiger partial charge on any atom is 0.0486 e. The van der Waals surface area contributed by atoms with E-state index in [0.29, 0.717) is 0 Å². The average Bonchev–Trinajstić information content (AvgIpc) is 2.77. The normalized spacial score (nSPS) is 11.1. The van der Waals surface area contributed by atoms with Gasteiger partial charge in [0.1, 0.15) is 0 Å². The molecule has 3 aromatic rings. The van der Waals surface area contributed by atoms with Gasteiger partial charge < -0.3 is 4.57 Å². The van der Waals surface area contributed by atoms with Crippen molar-refractivity contribution in [1.29, 1.82) is 0 Å². The molecule has 3 rings (SSSR count). The lowest BCUT2D eigenvalue weighted by atomic mass is 10.2. The van der Waals surface area contributed by atoms with Crippen molar-refractivity contribution in [3.8, 4) is 0 Å². The van der Waals surface area contributed by atoms with E-state index in [0.717, 1.165) is 18.0 Å². The first-order chi connectivity index (χ1) is 9.28. The van der Waals surface area contributed by atoms with Crippen LogP contribution in [0.2, 0.25) is 5.02 Å². The number of hydrogen-bond donors (Lipinski definition) is 0. The minimum absolute atomic E-state index is 0.792. The molecule has 0 saturated carbocycles. The largest absolute Gasteiger partial charge is 0.340 e. The van der Waals surface area contributed by atoms with Gasteiger partial charge in [-0.1, -0.05) is 36.7 Å². The van der Waals surface area contributed by atoms with Crippen molar-refractivity contribution in [1.82, 2.24) is 4.57 Å². The molecule has 19 heavy (non-hydrogen) atoms. The first kappa shape index (κ1) is 12.3. The highest BCUT2D eigenvalue weighted by Gasteiger charge is 2.07. The van der Waals surface area contributed by atoms with Crippen LogP contribution in [0.5, 0.6) is 0 Å². The molecule has 0 unspecified atom stereocenters. The third kappa shape index (κ3) is 2.39. The second kappa shape index (κ2) is 5.10. The monoisotopic (exact) mass is 268 g/mol. The van der Waals surface area contributed by atoms with Crippen molar-refractivity contribution in [2.24, 2.45) is 0 Å². The summed E-state index contributed by atoms with van der Waals surface area (Å²) in [5.74, 6) is 0. The van der Waals surface area contributed by atoms with Gasteiger partial charge >= 0.3 is 0 Å². The first-order valence-corrected chi connectivity index (χ1v) is 6.88. The zero-order valence-corrected chi connectivity index (χ0v) is 11.6. The molecule has 0 aliphatic carbocycles. The number of hydrogen-bond acceptors (Lipinski definition) is 0. The van der Waals surface area contributed by atoms with Crippen molar-refractivity contribution in [3.63, 3.8) is 0 Å². The van der Waals surface area contributed by atoms with Crippen LogP contribution in [0.15, 0.2) is 48.5 Å². The molecule has 0 fully saturated rings. The minimum atomic E-state index is 0.792. The SMILES string of the molecule is CCc1cc2c[c]ccc2n1Cc1cccc(Cl)c1. The molecule has 0 bridgehead atoms. The molecule has 95 valence electrons. The standard InChI is InChI=1S/C17H15ClN/c1-2-16-11-14-7-3-4-9-17(14)19(16)12-13-6-5-8-15(18)10-13/h4-11H,2,12H2,1H3. The van der Waals surface area contributed by atoms with Crippen LogP contribution in [0.3, 0.4) is 0 Å². The molecule has 0 aliphatic heterocycles. The number of benzene rings is 2. The number of halogens is 1. The van der Waals surface area contributed by atoms with E-state index in [-0.39, 0.29) is 0 Å².